The Morgan fingerprint density at radius 2 is 1.91 bits per heavy atom. The molecule has 0 aliphatic carbocycles. The maximum atomic E-state index is 12.1. The van der Waals surface area contributed by atoms with Gasteiger partial charge >= 0.3 is 0 Å². The number of nitrogens with one attached hydrogen (secondary N) is 1. The molecule has 126 valence electrons. The fraction of sp³-hybridized carbons (Fsp3) is 0.529. The zero-order valence-corrected chi connectivity index (χ0v) is 14.0. The molecule has 0 radical (unpaired) electrons. The van der Waals surface area contributed by atoms with Crippen molar-refractivity contribution >= 4 is 11.8 Å². The molecule has 1 aliphatic rings. The molecule has 6 heteroatoms. The van der Waals surface area contributed by atoms with Crippen molar-refractivity contribution in [3.63, 3.8) is 0 Å². The Kier molecular flexibility index (Phi) is 5.98. The number of hydrogen-bond acceptors (Lipinski definition) is 4. The molecule has 1 aromatic carbocycles. The van der Waals surface area contributed by atoms with Gasteiger partial charge in [0, 0.05) is 46.7 Å². The monoisotopic (exact) mass is 319 g/mol. The summed E-state index contributed by atoms with van der Waals surface area (Å²) in [7, 11) is 3.28. The predicted molar refractivity (Wildman–Crippen MR) is 88.1 cm³/mol. The van der Waals surface area contributed by atoms with E-state index in [1.54, 1.807) is 26.0 Å². The average Bonchev–Trinajstić information content (AvgIpc) is 2.77. The number of carbonyl (C=O) groups is 2. The highest BCUT2D eigenvalue weighted by Gasteiger charge is 2.28. The van der Waals surface area contributed by atoms with Gasteiger partial charge in [-0.15, -0.1) is 0 Å². The van der Waals surface area contributed by atoms with Crippen LogP contribution >= 0.6 is 0 Å². The maximum Gasteiger partial charge on any atom is 0.225 e. The van der Waals surface area contributed by atoms with Crippen LogP contribution in [0.4, 0.5) is 0 Å². The molecule has 1 heterocycles. The predicted octanol–water partition coefficient (Wildman–Crippen LogP) is 0.721. The van der Waals surface area contributed by atoms with Crippen molar-refractivity contribution in [3.05, 3.63) is 29.8 Å². The maximum absolute atomic E-state index is 12.1. The highest BCUT2D eigenvalue weighted by atomic mass is 16.5. The molecule has 6 nitrogen and oxygen atoms in total. The van der Waals surface area contributed by atoms with Gasteiger partial charge in [-0.3, -0.25) is 14.5 Å². The molecule has 23 heavy (non-hydrogen) atoms. The summed E-state index contributed by atoms with van der Waals surface area (Å²) >= 11 is 0. The molecule has 0 saturated carbocycles. The van der Waals surface area contributed by atoms with Crippen LogP contribution in [0.5, 0.6) is 5.75 Å². The summed E-state index contributed by atoms with van der Waals surface area (Å²) < 4.78 is 5.17. The minimum absolute atomic E-state index is 0.0159. The third-order valence-electron chi connectivity index (χ3n) is 4.23. The normalized spacial score (nSPS) is 19.1. The Bertz CT molecular complexity index is 545. The Labute approximate surface area is 137 Å². The number of carbonyl (C=O) groups excluding carboxylic acids is 2. The van der Waals surface area contributed by atoms with Gasteiger partial charge in [0.2, 0.25) is 11.8 Å². The second kappa shape index (κ2) is 7.97. The van der Waals surface area contributed by atoms with Gasteiger partial charge in [-0.2, -0.15) is 0 Å². The van der Waals surface area contributed by atoms with Crippen LogP contribution in [0.25, 0.3) is 0 Å². The van der Waals surface area contributed by atoms with Gasteiger partial charge in [0.1, 0.15) is 5.75 Å². The number of benzene rings is 1. The summed E-state index contributed by atoms with van der Waals surface area (Å²) in [6.07, 6.45) is 0. The largest absolute Gasteiger partial charge is 0.497 e. The molecule has 1 aromatic rings. The van der Waals surface area contributed by atoms with E-state index in [0.717, 1.165) is 24.4 Å². The summed E-state index contributed by atoms with van der Waals surface area (Å²) in [4.78, 5) is 27.8. The molecular weight excluding hydrogens is 294 g/mol. The van der Waals surface area contributed by atoms with E-state index in [2.05, 4.69) is 10.2 Å². The van der Waals surface area contributed by atoms with Crippen molar-refractivity contribution in [2.24, 2.45) is 5.92 Å². The highest BCUT2D eigenvalue weighted by molar-refractivity contribution is 5.80. The van der Waals surface area contributed by atoms with Crippen LogP contribution in [0.15, 0.2) is 24.3 Å². The van der Waals surface area contributed by atoms with Gasteiger partial charge in [-0.1, -0.05) is 12.1 Å². The Balaban J connectivity index is 2.07. The van der Waals surface area contributed by atoms with Gasteiger partial charge in [0.15, 0.2) is 0 Å². The lowest BCUT2D eigenvalue weighted by molar-refractivity contribution is -0.130. The zero-order valence-electron chi connectivity index (χ0n) is 14.0. The number of amides is 2. The number of hydrogen-bond donors (Lipinski definition) is 1. The van der Waals surface area contributed by atoms with Crippen molar-refractivity contribution in [2.75, 3.05) is 40.3 Å². The van der Waals surface area contributed by atoms with E-state index in [9.17, 15) is 9.59 Å². The summed E-state index contributed by atoms with van der Waals surface area (Å²) in [6.45, 7) is 4.85. The number of nitrogens with zero attached hydrogens (tertiary/aromatic N) is 2. The zero-order chi connectivity index (χ0) is 16.8. The SMILES string of the molecule is CNC(=O)C1CN(Cc2ccc(OC)cc2)CCN(C(C)=O)C1. The quantitative estimate of drug-likeness (QED) is 0.888. The standard InChI is InChI=1S/C17H25N3O3/c1-13(21)20-9-8-19(11-15(12-20)17(22)18-2)10-14-4-6-16(23-3)7-5-14/h4-7,15H,8-12H2,1-3H3,(H,18,22). The Morgan fingerprint density at radius 3 is 2.48 bits per heavy atom. The summed E-state index contributed by atoms with van der Waals surface area (Å²) in [6, 6.07) is 7.93. The van der Waals surface area contributed by atoms with Crippen molar-refractivity contribution in [2.45, 2.75) is 13.5 Å². The first-order valence-electron chi connectivity index (χ1n) is 7.86. The molecule has 2 amide bonds. The summed E-state index contributed by atoms with van der Waals surface area (Å²) in [5.74, 6) is 0.628. The Morgan fingerprint density at radius 1 is 1.22 bits per heavy atom. The van der Waals surface area contributed by atoms with E-state index in [-0.39, 0.29) is 17.7 Å². The third kappa shape index (κ3) is 4.69. The number of ether oxygens (including phenoxy) is 1. The van der Waals surface area contributed by atoms with E-state index in [4.69, 9.17) is 4.74 Å². The first kappa shape index (κ1) is 17.3. The number of rotatable bonds is 4. The second-order valence-corrected chi connectivity index (χ2v) is 5.86. The molecule has 1 atom stereocenters. The van der Waals surface area contributed by atoms with Crippen LogP contribution in [0.1, 0.15) is 12.5 Å². The van der Waals surface area contributed by atoms with Crippen molar-refractivity contribution in [3.8, 4) is 5.75 Å². The smallest absolute Gasteiger partial charge is 0.225 e. The van der Waals surface area contributed by atoms with Crippen molar-refractivity contribution < 1.29 is 14.3 Å². The topological polar surface area (TPSA) is 61.9 Å². The molecule has 0 spiro atoms. The minimum atomic E-state index is -0.204. The van der Waals surface area contributed by atoms with Crippen LogP contribution in [0, 0.1) is 5.92 Å². The van der Waals surface area contributed by atoms with Gasteiger partial charge in [0.25, 0.3) is 0 Å². The summed E-state index contributed by atoms with van der Waals surface area (Å²) in [5, 5.41) is 2.70. The third-order valence-corrected chi connectivity index (χ3v) is 4.23. The lowest BCUT2D eigenvalue weighted by Crippen LogP contribution is -2.40. The lowest BCUT2D eigenvalue weighted by atomic mass is 10.1. The average molecular weight is 319 g/mol. The van der Waals surface area contributed by atoms with Crippen LogP contribution in [-0.2, 0) is 16.1 Å². The van der Waals surface area contributed by atoms with Gasteiger partial charge in [-0.25, -0.2) is 0 Å². The van der Waals surface area contributed by atoms with E-state index in [1.807, 2.05) is 24.3 Å². The molecule has 1 aliphatic heterocycles. The van der Waals surface area contributed by atoms with Crippen molar-refractivity contribution in [1.82, 2.24) is 15.1 Å². The van der Waals surface area contributed by atoms with E-state index in [1.165, 1.54) is 0 Å². The highest BCUT2D eigenvalue weighted by Crippen LogP contribution is 2.16. The molecule has 1 saturated heterocycles. The lowest BCUT2D eigenvalue weighted by Gasteiger charge is -2.23. The molecule has 0 aromatic heterocycles. The van der Waals surface area contributed by atoms with Gasteiger partial charge < -0.3 is 15.0 Å². The van der Waals surface area contributed by atoms with Crippen LogP contribution in [0.2, 0.25) is 0 Å². The molecule has 2 rings (SSSR count). The molecule has 1 N–H and O–H groups in total. The molecule has 1 fully saturated rings. The first-order chi connectivity index (χ1) is 11.0. The van der Waals surface area contributed by atoms with Gasteiger partial charge in [0.05, 0.1) is 13.0 Å². The fourth-order valence-electron chi connectivity index (χ4n) is 2.87. The number of methoxy groups -OCH3 is 1. The molecular formula is C17H25N3O3. The van der Waals surface area contributed by atoms with E-state index >= 15 is 0 Å². The van der Waals surface area contributed by atoms with Gasteiger partial charge in [-0.05, 0) is 17.7 Å². The van der Waals surface area contributed by atoms with Crippen molar-refractivity contribution in [1.29, 1.82) is 0 Å². The molecule has 0 bridgehead atoms. The Hall–Kier alpha value is -2.08. The van der Waals surface area contributed by atoms with Crippen LogP contribution in [0.3, 0.4) is 0 Å². The van der Waals surface area contributed by atoms with E-state index < -0.39 is 0 Å². The van der Waals surface area contributed by atoms with Crippen LogP contribution < -0.4 is 10.1 Å². The first-order valence-corrected chi connectivity index (χ1v) is 7.86. The van der Waals surface area contributed by atoms with E-state index in [0.29, 0.717) is 19.6 Å². The van der Waals surface area contributed by atoms with Crippen LogP contribution in [-0.4, -0.2) is 62.0 Å². The minimum Gasteiger partial charge on any atom is -0.497 e. The summed E-state index contributed by atoms with van der Waals surface area (Å²) in [5.41, 5.74) is 1.16. The second-order valence-electron chi connectivity index (χ2n) is 5.86. The molecule has 1 unspecified atom stereocenters. The fourth-order valence-corrected chi connectivity index (χ4v) is 2.87.